The molecule has 0 aliphatic rings. The Labute approximate surface area is 140 Å². The highest BCUT2D eigenvalue weighted by Crippen LogP contribution is 2.30. The van der Waals surface area contributed by atoms with E-state index in [2.05, 4.69) is 10.6 Å². The van der Waals surface area contributed by atoms with E-state index in [1.165, 1.54) is 24.3 Å². The van der Waals surface area contributed by atoms with E-state index in [0.29, 0.717) is 0 Å². The number of alkyl halides is 3. The van der Waals surface area contributed by atoms with E-state index < -0.39 is 29.0 Å². The van der Waals surface area contributed by atoms with Crippen molar-refractivity contribution in [1.82, 2.24) is 0 Å². The minimum atomic E-state index is -4.55. The highest BCUT2D eigenvalue weighted by Gasteiger charge is 2.30. The van der Waals surface area contributed by atoms with Crippen molar-refractivity contribution in [2.24, 2.45) is 0 Å². The number of rotatable bonds is 4. The predicted octanol–water partition coefficient (Wildman–Crippen LogP) is 4.30. The van der Waals surface area contributed by atoms with Crippen LogP contribution in [0.25, 0.3) is 0 Å². The molecule has 0 unspecified atom stereocenters. The zero-order valence-electron chi connectivity index (χ0n) is 12.6. The summed E-state index contributed by atoms with van der Waals surface area (Å²) in [5.41, 5.74) is -1.44. The first-order valence-corrected chi connectivity index (χ1v) is 6.91. The van der Waals surface area contributed by atoms with Crippen LogP contribution in [0.1, 0.15) is 5.56 Å². The van der Waals surface area contributed by atoms with Gasteiger partial charge in [0.05, 0.1) is 11.3 Å². The van der Waals surface area contributed by atoms with E-state index in [1.54, 1.807) is 12.1 Å². The summed E-state index contributed by atoms with van der Waals surface area (Å²) in [5, 5.41) is 13.7. The van der Waals surface area contributed by atoms with Gasteiger partial charge in [-0.1, -0.05) is 18.2 Å². The maximum Gasteiger partial charge on any atom is 0.416 e. The van der Waals surface area contributed by atoms with Gasteiger partial charge < -0.3 is 10.6 Å². The van der Waals surface area contributed by atoms with Gasteiger partial charge in [0, 0.05) is 11.9 Å². The first-order chi connectivity index (χ1) is 11.8. The molecular formula is C17H11F4N3O. The average Bonchev–Trinajstić information content (AvgIpc) is 2.56. The number of anilines is 2. The first-order valence-electron chi connectivity index (χ1n) is 6.91. The minimum Gasteiger partial charge on any atom is -0.358 e. The zero-order valence-corrected chi connectivity index (χ0v) is 12.6. The summed E-state index contributed by atoms with van der Waals surface area (Å²) in [6, 6.07) is 11.2. The molecule has 2 aromatic rings. The molecule has 0 saturated heterocycles. The van der Waals surface area contributed by atoms with E-state index in [1.807, 2.05) is 0 Å². The van der Waals surface area contributed by atoms with Gasteiger partial charge in [0.1, 0.15) is 17.5 Å². The highest BCUT2D eigenvalue weighted by atomic mass is 19.4. The van der Waals surface area contributed by atoms with Crippen LogP contribution in [0.5, 0.6) is 0 Å². The Morgan fingerprint density at radius 3 is 2.48 bits per heavy atom. The highest BCUT2D eigenvalue weighted by molar-refractivity contribution is 6.06. The number of hydrogen-bond acceptors (Lipinski definition) is 3. The summed E-state index contributed by atoms with van der Waals surface area (Å²) in [7, 11) is 0. The molecule has 0 fully saturated rings. The Bertz CT molecular complexity index is 853. The van der Waals surface area contributed by atoms with Crippen molar-refractivity contribution >= 4 is 17.3 Å². The molecule has 8 heteroatoms. The van der Waals surface area contributed by atoms with Crippen molar-refractivity contribution < 1.29 is 22.4 Å². The average molecular weight is 349 g/mol. The molecule has 25 heavy (non-hydrogen) atoms. The molecule has 0 heterocycles. The Morgan fingerprint density at radius 1 is 1.12 bits per heavy atom. The van der Waals surface area contributed by atoms with E-state index in [0.717, 1.165) is 24.4 Å². The van der Waals surface area contributed by atoms with Crippen molar-refractivity contribution in [2.75, 3.05) is 10.6 Å². The molecule has 128 valence electrons. The third kappa shape index (κ3) is 4.81. The van der Waals surface area contributed by atoms with Crippen LogP contribution in [0.15, 0.2) is 60.3 Å². The maximum absolute atomic E-state index is 13.5. The number of benzene rings is 2. The molecule has 0 spiro atoms. The van der Waals surface area contributed by atoms with Crippen molar-refractivity contribution in [3.8, 4) is 6.07 Å². The van der Waals surface area contributed by atoms with Crippen LogP contribution in [0.4, 0.5) is 28.9 Å². The van der Waals surface area contributed by atoms with Crippen LogP contribution in [0.2, 0.25) is 0 Å². The normalized spacial score (nSPS) is 11.6. The number of para-hydroxylation sites is 1. The third-order valence-electron chi connectivity index (χ3n) is 3.06. The molecule has 0 radical (unpaired) electrons. The van der Waals surface area contributed by atoms with Gasteiger partial charge in [0.2, 0.25) is 0 Å². The van der Waals surface area contributed by atoms with Crippen LogP contribution in [-0.2, 0) is 11.0 Å². The lowest BCUT2D eigenvalue weighted by Crippen LogP contribution is -2.15. The quantitative estimate of drug-likeness (QED) is 0.491. The fourth-order valence-electron chi connectivity index (χ4n) is 1.85. The summed E-state index contributed by atoms with van der Waals surface area (Å²) < 4.78 is 51.4. The number of nitrogens with zero attached hydrogens (tertiary/aromatic N) is 1. The first kappa shape index (κ1) is 18.0. The molecule has 0 aliphatic carbocycles. The monoisotopic (exact) mass is 349 g/mol. The van der Waals surface area contributed by atoms with E-state index in [4.69, 9.17) is 5.26 Å². The third-order valence-corrected chi connectivity index (χ3v) is 3.06. The van der Waals surface area contributed by atoms with Crippen LogP contribution in [0.3, 0.4) is 0 Å². The molecule has 2 aromatic carbocycles. The van der Waals surface area contributed by atoms with Crippen molar-refractivity contribution in [2.45, 2.75) is 6.18 Å². The van der Waals surface area contributed by atoms with Gasteiger partial charge in [-0.2, -0.15) is 18.4 Å². The standard InChI is InChI=1S/C17H11F4N3O/c18-14-6-1-2-7-15(14)23-10-11(9-22)16(25)24-13-5-3-4-12(8-13)17(19,20)21/h1-8,10,23H,(H,24,25)/b11-10-. The topological polar surface area (TPSA) is 64.9 Å². The largest absolute Gasteiger partial charge is 0.416 e. The Kier molecular flexibility index (Phi) is 5.39. The summed E-state index contributed by atoms with van der Waals surface area (Å²) in [6.07, 6.45) is -3.58. The molecule has 4 nitrogen and oxygen atoms in total. The van der Waals surface area contributed by atoms with Crippen molar-refractivity contribution in [3.63, 3.8) is 0 Å². The van der Waals surface area contributed by atoms with Crippen LogP contribution < -0.4 is 10.6 Å². The number of nitrogens with one attached hydrogen (secondary N) is 2. The van der Waals surface area contributed by atoms with E-state index >= 15 is 0 Å². The van der Waals surface area contributed by atoms with Gasteiger partial charge >= 0.3 is 6.18 Å². The Morgan fingerprint density at radius 2 is 1.84 bits per heavy atom. The van der Waals surface area contributed by atoms with E-state index in [9.17, 15) is 22.4 Å². The lowest BCUT2D eigenvalue weighted by Gasteiger charge is -2.09. The smallest absolute Gasteiger partial charge is 0.358 e. The van der Waals surface area contributed by atoms with Gasteiger partial charge in [0.25, 0.3) is 5.91 Å². The Hall–Kier alpha value is -3.34. The minimum absolute atomic E-state index is 0.0436. The maximum atomic E-state index is 13.5. The fourth-order valence-corrected chi connectivity index (χ4v) is 1.85. The lowest BCUT2D eigenvalue weighted by molar-refractivity contribution is -0.137. The number of nitriles is 1. The summed E-state index contributed by atoms with van der Waals surface area (Å²) in [6.45, 7) is 0. The number of carbonyl (C=O) groups excluding carboxylic acids is 1. The predicted molar refractivity (Wildman–Crippen MR) is 83.8 cm³/mol. The number of hydrogen-bond donors (Lipinski definition) is 2. The summed E-state index contributed by atoms with van der Waals surface area (Å²) in [5.74, 6) is -1.51. The second-order valence-electron chi connectivity index (χ2n) is 4.83. The van der Waals surface area contributed by atoms with Crippen LogP contribution >= 0.6 is 0 Å². The fraction of sp³-hybridized carbons (Fsp3) is 0.0588. The van der Waals surface area contributed by atoms with Gasteiger partial charge in [-0.25, -0.2) is 4.39 Å². The van der Waals surface area contributed by atoms with Crippen molar-refractivity contribution in [1.29, 1.82) is 5.26 Å². The van der Waals surface area contributed by atoms with Gasteiger partial charge in [-0.3, -0.25) is 4.79 Å². The van der Waals surface area contributed by atoms with Gasteiger partial charge in [-0.15, -0.1) is 0 Å². The summed E-state index contributed by atoms with van der Waals surface area (Å²) in [4.78, 5) is 12.0. The second-order valence-corrected chi connectivity index (χ2v) is 4.83. The van der Waals surface area contributed by atoms with E-state index in [-0.39, 0.29) is 11.4 Å². The SMILES string of the molecule is N#C/C(=C/Nc1ccccc1F)C(=O)Nc1cccc(C(F)(F)F)c1. The molecule has 0 saturated carbocycles. The van der Waals surface area contributed by atoms with Crippen molar-refractivity contribution in [3.05, 3.63) is 71.7 Å². The second kappa shape index (κ2) is 7.49. The number of halogens is 4. The number of carbonyl (C=O) groups is 1. The molecule has 2 rings (SSSR count). The summed E-state index contributed by atoms with van der Waals surface area (Å²) >= 11 is 0. The molecule has 0 aromatic heterocycles. The number of amides is 1. The Balaban J connectivity index is 2.14. The molecule has 0 bridgehead atoms. The molecular weight excluding hydrogens is 338 g/mol. The zero-order chi connectivity index (χ0) is 18.4. The lowest BCUT2D eigenvalue weighted by atomic mass is 10.2. The van der Waals surface area contributed by atoms with Crippen LogP contribution in [-0.4, -0.2) is 5.91 Å². The molecule has 2 N–H and O–H groups in total. The molecule has 1 amide bonds. The molecule has 0 atom stereocenters. The van der Waals surface area contributed by atoms with Gasteiger partial charge in [-0.05, 0) is 30.3 Å². The van der Waals surface area contributed by atoms with Crippen LogP contribution in [0, 0.1) is 17.1 Å². The van der Waals surface area contributed by atoms with Gasteiger partial charge in [0.15, 0.2) is 0 Å². The molecule has 0 aliphatic heterocycles.